The second kappa shape index (κ2) is 9.04. The molecule has 0 N–H and O–H groups in total. The molecule has 0 radical (unpaired) electrons. The van der Waals surface area contributed by atoms with Crippen molar-refractivity contribution >= 4 is 23.5 Å². The largest absolute Gasteiger partial charge is 0.337 e. The Morgan fingerprint density at radius 1 is 1.05 bits per heavy atom. The van der Waals surface area contributed by atoms with Crippen molar-refractivity contribution in [2.24, 2.45) is 0 Å². The van der Waals surface area contributed by atoms with Gasteiger partial charge in [0.1, 0.15) is 0 Å². The van der Waals surface area contributed by atoms with Gasteiger partial charge in [-0.1, -0.05) is 39.0 Å². The minimum Gasteiger partial charge on any atom is -0.337 e. The summed E-state index contributed by atoms with van der Waals surface area (Å²) in [5.74, 6) is 2.70. The lowest BCUT2D eigenvalue weighted by molar-refractivity contribution is 0.529. The van der Waals surface area contributed by atoms with E-state index in [-0.39, 0.29) is 0 Å². The number of aryl methyl sites for hydroxylation is 1. The highest BCUT2D eigenvalue weighted by Crippen LogP contribution is 2.50. The fourth-order valence-electron chi connectivity index (χ4n) is 2.86. The van der Waals surface area contributed by atoms with E-state index in [1.165, 1.54) is 62.9 Å². The predicted octanol–water partition coefficient (Wildman–Crippen LogP) is 5.20. The van der Waals surface area contributed by atoms with Gasteiger partial charge in [0.05, 0.1) is 10.4 Å². The van der Waals surface area contributed by atoms with Gasteiger partial charge in [-0.05, 0) is 19.3 Å². The molecule has 1 saturated heterocycles. The maximum Gasteiger partial charge on any atom is 0.0945 e. The van der Waals surface area contributed by atoms with Crippen molar-refractivity contribution in [2.75, 3.05) is 11.5 Å². The molecule has 1 aliphatic rings. The molecule has 0 aromatic carbocycles. The number of hydrogen-bond donors (Lipinski definition) is 0. The number of rotatable bonds is 10. The Labute approximate surface area is 132 Å². The number of nitrogens with zero attached hydrogens (tertiary/aromatic N) is 2. The van der Waals surface area contributed by atoms with Crippen LogP contribution in [0.4, 0.5) is 0 Å². The smallest absolute Gasteiger partial charge is 0.0945 e. The molecule has 4 heteroatoms. The summed E-state index contributed by atoms with van der Waals surface area (Å²) >= 11 is 4.46. The van der Waals surface area contributed by atoms with Gasteiger partial charge in [0.25, 0.3) is 0 Å². The molecule has 0 bridgehead atoms. The van der Waals surface area contributed by atoms with Crippen molar-refractivity contribution in [3.05, 3.63) is 18.7 Å². The Balaban J connectivity index is 1.68. The third kappa shape index (κ3) is 5.36. The lowest BCUT2D eigenvalue weighted by Gasteiger charge is -2.27. The normalized spacial score (nSPS) is 17.6. The van der Waals surface area contributed by atoms with Gasteiger partial charge in [-0.25, -0.2) is 4.98 Å². The van der Waals surface area contributed by atoms with Gasteiger partial charge < -0.3 is 4.57 Å². The second-order valence-electron chi connectivity index (χ2n) is 5.68. The molecule has 0 amide bonds. The maximum atomic E-state index is 4.12. The summed E-state index contributed by atoms with van der Waals surface area (Å²) in [6.07, 6.45) is 17.0. The molecule has 1 fully saturated rings. The number of imidazole rings is 1. The molecule has 20 heavy (non-hydrogen) atoms. The third-order valence-corrected chi connectivity index (χ3v) is 7.66. The fourth-order valence-corrected chi connectivity index (χ4v) is 6.26. The van der Waals surface area contributed by atoms with Crippen LogP contribution >= 0.6 is 23.5 Å². The monoisotopic (exact) mass is 312 g/mol. The Hall–Kier alpha value is -0.0900. The molecule has 1 aliphatic heterocycles. The standard InChI is InChI=1S/C16H28N2S2/c1-2-3-4-5-6-8-16(19-13-14-20-16)9-7-11-18-12-10-17-15-18/h10,12,15H,2-9,11,13-14H2,1H3. The van der Waals surface area contributed by atoms with E-state index in [1.807, 2.05) is 12.5 Å². The molecule has 1 aromatic heterocycles. The van der Waals surface area contributed by atoms with Crippen LogP contribution in [-0.2, 0) is 6.54 Å². The summed E-state index contributed by atoms with van der Waals surface area (Å²) in [5.41, 5.74) is 0. The van der Waals surface area contributed by atoms with Crippen molar-refractivity contribution < 1.29 is 0 Å². The van der Waals surface area contributed by atoms with E-state index < -0.39 is 0 Å². The van der Waals surface area contributed by atoms with Crippen molar-refractivity contribution in [3.8, 4) is 0 Å². The molecular formula is C16H28N2S2. The Morgan fingerprint density at radius 2 is 1.80 bits per heavy atom. The highest BCUT2D eigenvalue weighted by molar-refractivity contribution is 8.21. The quantitative estimate of drug-likeness (QED) is 0.553. The van der Waals surface area contributed by atoms with Gasteiger partial charge in [0.2, 0.25) is 0 Å². The van der Waals surface area contributed by atoms with Crippen LogP contribution in [0.5, 0.6) is 0 Å². The average molecular weight is 313 g/mol. The van der Waals surface area contributed by atoms with E-state index in [9.17, 15) is 0 Å². The number of thioether (sulfide) groups is 2. The minimum absolute atomic E-state index is 0.535. The molecule has 1 aromatic rings. The van der Waals surface area contributed by atoms with Crippen molar-refractivity contribution in [2.45, 2.75) is 68.9 Å². The van der Waals surface area contributed by atoms with Crippen LogP contribution in [-0.4, -0.2) is 25.1 Å². The zero-order chi connectivity index (χ0) is 14.1. The van der Waals surface area contributed by atoms with E-state index in [0.717, 1.165) is 6.54 Å². The average Bonchev–Trinajstić information content (AvgIpc) is 3.11. The SMILES string of the molecule is CCCCCCCC1(CCCn2ccnc2)SCCS1. The first-order valence-electron chi connectivity index (χ1n) is 8.08. The molecule has 0 saturated carbocycles. The third-order valence-electron chi connectivity index (χ3n) is 4.01. The van der Waals surface area contributed by atoms with E-state index in [2.05, 4.69) is 46.2 Å². The molecule has 0 spiro atoms. The molecule has 114 valence electrons. The molecule has 2 rings (SSSR count). The Kier molecular flexibility index (Phi) is 7.36. The van der Waals surface area contributed by atoms with Gasteiger partial charge in [0.15, 0.2) is 0 Å². The molecule has 0 unspecified atom stereocenters. The topological polar surface area (TPSA) is 17.8 Å². The van der Waals surface area contributed by atoms with Gasteiger partial charge in [-0.15, -0.1) is 23.5 Å². The minimum atomic E-state index is 0.535. The van der Waals surface area contributed by atoms with Gasteiger partial charge in [-0.2, -0.15) is 0 Å². The van der Waals surface area contributed by atoms with Crippen LogP contribution in [0.25, 0.3) is 0 Å². The van der Waals surface area contributed by atoms with Crippen molar-refractivity contribution in [1.29, 1.82) is 0 Å². The van der Waals surface area contributed by atoms with Crippen LogP contribution in [0.3, 0.4) is 0 Å². The van der Waals surface area contributed by atoms with Crippen molar-refractivity contribution in [3.63, 3.8) is 0 Å². The Bertz CT molecular complexity index is 345. The molecule has 0 aliphatic carbocycles. The summed E-state index contributed by atoms with van der Waals surface area (Å²) in [4.78, 5) is 4.12. The van der Waals surface area contributed by atoms with Crippen LogP contribution in [0, 0.1) is 0 Å². The summed E-state index contributed by atoms with van der Waals surface area (Å²) in [7, 11) is 0. The highest BCUT2D eigenvalue weighted by Gasteiger charge is 2.34. The molecule has 2 nitrogen and oxygen atoms in total. The van der Waals surface area contributed by atoms with Crippen LogP contribution in [0.2, 0.25) is 0 Å². The molecular weight excluding hydrogens is 284 g/mol. The first-order valence-corrected chi connectivity index (χ1v) is 10.1. The summed E-state index contributed by atoms with van der Waals surface area (Å²) in [6.45, 7) is 3.42. The van der Waals surface area contributed by atoms with E-state index in [4.69, 9.17) is 0 Å². The first kappa shape index (κ1) is 16.3. The van der Waals surface area contributed by atoms with Crippen molar-refractivity contribution in [1.82, 2.24) is 9.55 Å². The lowest BCUT2D eigenvalue weighted by Crippen LogP contribution is -2.18. The Morgan fingerprint density at radius 3 is 2.50 bits per heavy atom. The highest BCUT2D eigenvalue weighted by atomic mass is 32.2. The number of hydrogen-bond acceptors (Lipinski definition) is 3. The molecule has 2 heterocycles. The number of unbranched alkanes of at least 4 members (excludes halogenated alkanes) is 4. The van der Waals surface area contributed by atoms with E-state index >= 15 is 0 Å². The van der Waals surface area contributed by atoms with Crippen LogP contribution in [0.1, 0.15) is 58.3 Å². The van der Waals surface area contributed by atoms with E-state index in [1.54, 1.807) is 0 Å². The van der Waals surface area contributed by atoms with Gasteiger partial charge >= 0.3 is 0 Å². The lowest BCUT2D eigenvalue weighted by atomic mass is 10.1. The second-order valence-corrected chi connectivity index (χ2v) is 8.89. The maximum absolute atomic E-state index is 4.12. The first-order chi connectivity index (χ1) is 9.85. The summed E-state index contributed by atoms with van der Waals surface area (Å²) < 4.78 is 2.74. The van der Waals surface area contributed by atoms with Crippen LogP contribution < -0.4 is 0 Å². The zero-order valence-corrected chi connectivity index (χ0v) is 14.4. The van der Waals surface area contributed by atoms with Gasteiger partial charge in [-0.3, -0.25) is 0 Å². The van der Waals surface area contributed by atoms with Gasteiger partial charge in [0, 0.05) is 30.4 Å². The fraction of sp³-hybridized carbons (Fsp3) is 0.812. The summed E-state index contributed by atoms with van der Waals surface area (Å²) in [5, 5.41) is 0. The molecule has 0 atom stereocenters. The van der Waals surface area contributed by atoms with E-state index in [0.29, 0.717) is 4.08 Å². The van der Waals surface area contributed by atoms with Crippen LogP contribution in [0.15, 0.2) is 18.7 Å². The summed E-state index contributed by atoms with van der Waals surface area (Å²) in [6, 6.07) is 0. The predicted molar refractivity (Wildman–Crippen MR) is 92.5 cm³/mol. The zero-order valence-electron chi connectivity index (χ0n) is 12.7. The number of aromatic nitrogens is 2.